The summed E-state index contributed by atoms with van der Waals surface area (Å²) < 4.78 is 32.1. The second-order valence-electron chi connectivity index (χ2n) is 5.82. The number of benzene rings is 1. The number of carbonyl (C=O) groups is 1. The molecule has 1 fully saturated rings. The van der Waals surface area contributed by atoms with Crippen molar-refractivity contribution in [2.75, 3.05) is 32.1 Å². The number of hydrogen-bond acceptors (Lipinski definition) is 6. The largest absolute Gasteiger partial charge is 0.379 e. The molecule has 0 unspecified atom stereocenters. The second kappa shape index (κ2) is 8.18. The standard InChI is InChI=1S/C17H19N2O4S2/c20-16(17-18-6-11-24-17)15(12-14-4-2-1-3-5-14)13-25(21,22)19-7-9-23-10-8-19/h1-5,11,15H,7-10,12-13H2/t15-/m0/s1. The number of hydrogen-bond donors (Lipinski definition) is 0. The molecule has 8 heteroatoms. The van der Waals surface area contributed by atoms with E-state index in [1.807, 2.05) is 30.3 Å². The van der Waals surface area contributed by atoms with Crippen molar-refractivity contribution in [3.63, 3.8) is 0 Å². The number of aromatic nitrogens is 1. The molecule has 1 aromatic carbocycles. The maximum atomic E-state index is 12.8. The van der Waals surface area contributed by atoms with E-state index in [-0.39, 0.29) is 11.5 Å². The van der Waals surface area contributed by atoms with Crippen molar-refractivity contribution in [1.29, 1.82) is 0 Å². The average molecular weight is 379 g/mol. The quantitative estimate of drug-likeness (QED) is 0.684. The predicted molar refractivity (Wildman–Crippen MR) is 95.1 cm³/mol. The van der Waals surface area contributed by atoms with Crippen LogP contribution in [0.1, 0.15) is 15.4 Å². The Hall–Kier alpha value is -1.61. The van der Waals surface area contributed by atoms with E-state index in [0.717, 1.165) is 5.56 Å². The molecule has 0 aliphatic carbocycles. The van der Waals surface area contributed by atoms with Gasteiger partial charge in [-0.15, -0.1) is 11.3 Å². The Morgan fingerprint density at radius 1 is 1.28 bits per heavy atom. The first-order valence-electron chi connectivity index (χ1n) is 8.01. The Bertz CT molecular complexity index is 785. The van der Waals surface area contributed by atoms with Crippen LogP contribution in [0.25, 0.3) is 0 Å². The van der Waals surface area contributed by atoms with Gasteiger partial charge in [-0.3, -0.25) is 4.79 Å². The summed E-state index contributed by atoms with van der Waals surface area (Å²) in [6.07, 6.45) is 2.99. The predicted octanol–water partition coefficient (Wildman–Crippen LogP) is 1.65. The molecule has 2 heterocycles. The van der Waals surface area contributed by atoms with Gasteiger partial charge in [-0.2, -0.15) is 4.31 Å². The minimum Gasteiger partial charge on any atom is -0.379 e. The van der Waals surface area contributed by atoms with Crippen LogP contribution in [-0.4, -0.2) is 55.5 Å². The van der Waals surface area contributed by atoms with Crippen molar-refractivity contribution in [3.8, 4) is 0 Å². The van der Waals surface area contributed by atoms with Gasteiger partial charge in [-0.25, -0.2) is 13.4 Å². The minimum atomic E-state index is -3.54. The normalized spacial score (nSPS) is 17.3. The summed E-state index contributed by atoms with van der Waals surface area (Å²) >= 11 is 1.19. The van der Waals surface area contributed by atoms with Gasteiger partial charge in [0.05, 0.1) is 19.0 Å². The molecule has 1 atom stereocenters. The Balaban J connectivity index is 1.81. The number of sulfonamides is 1. The lowest BCUT2D eigenvalue weighted by Crippen LogP contribution is -2.44. The molecular formula is C17H19N2O4S2. The highest BCUT2D eigenvalue weighted by molar-refractivity contribution is 7.89. The van der Waals surface area contributed by atoms with Gasteiger partial charge in [0.25, 0.3) is 0 Å². The van der Waals surface area contributed by atoms with Crippen molar-refractivity contribution >= 4 is 27.1 Å². The third-order valence-electron chi connectivity index (χ3n) is 4.07. The Morgan fingerprint density at radius 3 is 2.64 bits per heavy atom. The number of ether oxygens (including phenoxy) is 1. The molecule has 0 bridgehead atoms. The van der Waals surface area contributed by atoms with Gasteiger partial charge >= 0.3 is 0 Å². The molecule has 1 aliphatic heterocycles. The average Bonchev–Trinajstić information content (AvgIpc) is 3.17. The van der Waals surface area contributed by atoms with E-state index in [2.05, 4.69) is 11.2 Å². The van der Waals surface area contributed by atoms with E-state index >= 15 is 0 Å². The highest BCUT2D eigenvalue weighted by atomic mass is 32.2. The smallest absolute Gasteiger partial charge is 0.214 e. The van der Waals surface area contributed by atoms with Gasteiger partial charge in [0, 0.05) is 24.4 Å². The molecule has 0 amide bonds. The van der Waals surface area contributed by atoms with Gasteiger partial charge in [0.15, 0.2) is 10.8 Å². The van der Waals surface area contributed by atoms with Crippen LogP contribution in [0.4, 0.5) is 0 Å². The summed E-state index contributed by atoms with van der Waals surface area (Å²) in [5.74, 6) is -1.14. The first-order valence-corrected chi connectivity index (χ1v) is 10.5. The van der Waals surface area contributed by atoms with Crippen molar-refractivity contribution in [2.45, 2.75) is 6.42 Å². The van der Waals surface area contributed by atoms with E-state index in [1.54, 1.807) is 5.38 Å². The summed E-state index contributed by atoms with van der Waals surface area (Å²) in [5.41, 5.74) is 0.929. The fourth-order valence-electron chi connectivity index (χ4n) is 2.79. The molecule has 1 aromatic heterocycles. The Morgan fingerprint density at radius 2 is 2.00 bits per heavy atom. The minimum absolute atomic E-state index is 0.222. The number of carbonyl (C=O) groups excluding carboxylic acids is 1. The Kier molecular flexibility index (Phi) is 5.95. The summed E-state index contributed by atoms with van der Waals surface area (Å²) in [6.45, 7) is 1.44. The molecule has 1 aliphatic rings. The zero-order valence-corrected chi connectivity index (χ0v) is 15.3. The first kappa shape index (κ1) is 18.2. The van der Waals surface area contributed by atoms with Crippen LogP contribution >= 0.6 is 11.3 Å². The second-order valence-corrected chi connectivity index (χ2v) is 8.69. The van der Waals surface area contributed by atoms with E-state index < -0.39 is 15.9 Å². The van der Waals surface area contributed by atoms with Crippen LogP contribution in [0.15, 0.2) is 35.7 Å². The first-order chi connectivity index (χ1) is 12.1. The third kappa shape index (κ3) is 4.72. The number of ketones is 1. The molecule has 1 radical (unpaired) electrons. The molecule has 0 spiro atoms. The third-order valence-corrected chi connectivity index (χ3v) is 6.79. The van der Waals surface area contributed by atoms with Crippen LogP contribution in [0.3, 0.4) is 0 Å². The van der Waals surface area contributed by atoms with Crippen LogP contribution in [0.2, 0.25) is 0 Å². The van der Waals surface area contributed by atoms with E-state index in [0.29, 0.717) is 37.7 Å². The number of rotatable bonds is 7. The molecule has 2 aromatic rings. The zero-order valence-electron chi connectivity index (χ0n) is 13.6. The molecule has 133 valence electrons. The number of morpholine rings is 1. The lowest BCUT2D eigenvalue weighted by Gasteiger charge is -2.27. The fourth-order valence-corrected chi connectivity index (χ4v) is 5.09. The summed E-state index contributed by atoms with van der Waals surface area (Å²) in [4.78, 5) is 16.7. The summed E-state index contributed by atoms with van der Waals surface area (Å²) in [6, 6.07) is 9.45. The highest BCUT2D eigenvalue weighted by Crippen LogP contribution is 2.20. The zero-order chi connectivity index (χ0) is 17.7. The van der Waals surface area contributed by atoms with Gasteiger partial charge < -0.3 is 4.74 Å². The SMILES string of the molecule is O=C(c1n[c]cs1)[C@@H](Cc1ccccc1)CS(=O)(=O)N1CCOCC1. The lowest BCUT2D eigenvalue weighted by atomic mass is 9.97. The summed E-state index contributed by atoms with van der Waals surface area (Å²) in [5, 5.41) is 1.90. The van der Waals surface area contributed by atoms with Gasteiger partial charge in [0.2, 0.25) is 10.0 Å². The highest BCUT2D eigenvalue weighted by Gasteiger charge is 2.32. The van der Waals surface area contributed by atoms with E-state index in [4.69, 9.17) is 4.74 Å². The van der Waals surface area contributed by atoms with Crippen molar-refractivity contribution < 1.29 is 17.9 Å². The number of nitrogens with zero attached hydrogens (tertiary/aromatic N) is 2. The maximum Gasteiger partial charge on any atom is 0.214 e. The molecule has 0 saturated carbocycles. The van der Waals surface area contributed by atoms with Crippen LogP contribution in [0.5, 0.6) is 0 Å². The molecule has 1 saturated heterocycles. The molecular weight excluding hydrogens is 360 g/mol. The van der Waals surface area contributed by atoms with Crippen LogP contribution in [0, 0.1) is 12.1 Å². The lowest BCUT2D eigenvalue weighted by molar-refractivity contribution is 0.0726. The monoisotopic (exact) mass is 379 g/mol. The van der Waals surface area contributed by atoms with Crippen molar-refractivity contribution in [2.24, 2.45) is 5.92 Å². The number of thiazole rings is 1. The maximum absolute atomic E-state index is 12.8. The van der Waals surface area contributed by atoms with Gasteiger partial charge in [-0.1, -0.05) is 30.3 Å². The Labute approximate surface area is 151 Å². The summed E-state index contributed by atoms with van der Waals surface area (Å²) in [7, 11) is -3.54. The van der Waals surface area contributed by atoms with Crippen molar-refractivity contribution in [3.05, 3.63) is 52.5 Å². The molecule has 3 rings (SSSR count). The van der Waals surface area contributed by atoms with Gasteiger partial charge in [0.1, 0.15) is 6.20 Å². The van der Waals surface area contributed by atoms with Crippen LogP contribution < -0.4 is 0 Å². The molecule has 0 N–H and O–H groups in total. The topological polar surface area (TPSA) is 76.6 Å². The van der Waals surface area contributed by atoms with Crippen molar-refractivity contribution in [1.82, 2.24) is 9.29 Å². The van der Waals surface area contributed by atoms with E-state index in [1.165, 1.54) is 15.6 Å². The fraction of sp³-hybridized carbons (Fsp3) is 0.412. The van der Waals surface area contributed by atoms with Gasteiger partial charge in [-0.05, 0) is 12.0 Å². The van der Waals surface area contributed by atoms with Crippen LogP contribution in [-0.2, 0) is 21.2 Å². The van der Waals surface area contributed by atoms with E-state index in [9.17, 15) is 13.2 Å². The molecule has 25 heavy (non-hydrogen) atoms. The number of Topliss-reactive ketones (excluding diaryl/α,β-unsaturated/α-hetero) is 1. The molecule has 6 nitrogen and oxygen atoms in total.